The maximum absolute atomic E-state index is 12.7. The van der Waals surface area contributed by atoms with Crippen LogP contribution >= 0.6 is 7.14 Å². The second-order valence-corrected chi connectivity index (χ2v) is 10.4. The zero-order valence-electron chi connectivity index (χ0n) is 13.0. The number of hydrogen-bond donors (Lipinski definition) is 0. The highest BCUT2D eigenvalue weighted by Crippen LogP contribution is 2.53. The van der Waals surface area contributed by atoms with E-state index in [0.29, 0.717) is 6.54 Å². The predicted octanol–water partition coefficient (Wildman–Crippen LogP) is 3.40. The fourth-order valence-electron chi connectivity index (χ4n) is 3.01. The van der Waals surface area contributed by atoms with E-state index in [1.807, 2.05) is 56.0 Å². The van der Waals surface area contributed by atoms with Crippen molar-refractivity contribution in [2.24, 2.45) is 0 Å². The number of amides is 1. The van der Waals surface area contributed by atoms with Gasteiger partial charge in [0.15, 0.2) is 0 Å². The first kappa shape index (κ1) is 15.3. The lowest BCUT2D eigenvalue weighted by atomic mass is 9.98. The molecule has 0 spiro atoms. The molecule has 0 radical (unpaired) electrons. The van der Waals surface area contributed by atoms with Gasteiger partial charge in [0, 0.05) is 18.0 Å². The second-order valence-electron chi connectivity index (χ2n) is 7.02. The standard InChI is InChI=1S/C16H24NO2P/c1-16(2,3)17-11-13(12-9-7-6-8-10-12)14(15(17)18)20(4,5)19/h6-10,13-14H,11H2,1-5H3/t13-,14-/m1/s1. The van der Waals surface area contributed by atoms with Gasteiger partial charge in [0.1, 0.15) is 0 Å². The Bertz CT molecular complexity index is 541. The van der Waals surface area contributed by atoms with Crippen molar-refractivity contribution in [1.29, 1.82) is 0 Å². The van der Waals surface area contributed by atoms with E-state index in [1.54, 1.807) is 13.3 Å². The van der Waals surface area contributed by atoms with E-state index in [-0.39, 0.29) is 23.0 Å². The van der Waals surface area contributed by atoms with Gasteiger partial charge in [0.05, 0.1) is 12.8 Å². The van der Waals surface area contributed by atoms with Crippen LogP contribution in [-0.2, 0) is 9.36 Å². The zero-order chi connectivity index (χ0) is 15.1. The Morgan fingerprint density at radius 2 is 1.70 bits per heavy atom. The number of carbonyl (C=O) groups is 1. The molecule has 3 nitrogen and oxygen atoms in total. The van der Waals surface area contributed by atoms with E-state index in [0.717, 1.165) is 5.56 Å². The summed E-state index contributed by atoms with van der Waals surface area (Å²) < 4.78 is 12.6. The van der Waals surface area contributed by atoms with Crippen LogP contribution < -0.4 is 0 Å². The van der Waals surface area contributed by atoms with Gasteiger partial charge in [-0.15, -0.1) is 0 Å². The summed E-state index contributed by atoms with van der Waals surface area (Å²) in [5, 5.41) is 0. The minimum absolute atomic E-state index is 0.0313. The molecule has 1 saturated heterocycles. The molecule has 20 heavy (non-hydrogen) atoms. The lowest BCUT2D eigenvalue weighted by Crippen LogP contribution is -2.43. The summed E-state index contributed by atoms with van der Waals surface area (Å²) in [4.78, 5) is 14.6. The van der Waals surface area contributed by atoms with Crippen molar-refractivity contribution in [2.75, 3.05) is 19.9 Å². The maximum Gasteiger partial charge on any atom is 0.234 e. The molecule has 1 aliphatic rings. The molecule has 1 amide bonds. The van der Waals surface area contributed by atoms with E-state index in [9.17, 15) is 9.36 Å². The lowest BCUT2D eigenvalue weighted by Gasteiger charge is -2.32. The van der Waals surface area contributed by atoms with Gasteiger partial charge in [0.25, 0.3) is 0 Å². The Morgan fingerprint density at radius 3 is 2.15 bits per heavy atom. The molecule has 0 aliphatic carbocycles. The molecule has 2 rings (SSSR count). The van der Waals surface area contributed by atoms with Gasteiger partial charge in [-0.1, -0.05) is 30.3 Å². The van der Waals surface area contributed by atoms with E-state index in [4.69, 9.17) is 0 Å². The molecular weight excluding hydrogens is 269 g/mol. The zero-order valence-corrected chi connectivity index (χ0v) is 13.9. The molecule has 4 heteroatoms. The van der Waals surface area contributed by atoms with Crippen molar-refractivity contribution < 1.29 is 9.36 Å². The van der Waals surface area contributed by atoms with Crippen LogP contribution in [0.25, 0.3) is 0 Å². The molecule has 0 N–H and O–H groups in total. The number of hydrogen-bond acceptors (Lipinski definition) is 2. The van der Waals surface area contributed by atoms with Gasteiger partial charge in [-0.3, -0.25) is 4.79 Å². The van der Waals surface area contributed by atoms with Crippen LogP contribution in [0.3, 0.4) is 0 Å². The minimum Gasteiger partial charge on any atom is -0.337 e. The molecule has 1 aromatic rings. The van der Waals surface area contributed by atoms with Gasteiger partial charge < -0.3 is 9.46 Å². The first-order valence-corrected chi connectivity index (χ1v) is 9.70. The Balaban J connectivity index is 2.45. The van der Waals surface area contributed by atoms with Gasteiger partial charge in [0.2, 0.25) is 5.91 Å². The molecule has 0 saturated carbocycles. The van der Waals surface area contributed by atoms with Gasteiger partial charge in [-0.05, 0) is 39.7 Å². The summed E-state index contributed by atoms with van der Waals surface area (Å²) >= 11 is 0. The summed E-state index contributed by atoms with van der Waals surface area (Å²) in [5.41, 5.74) is 0.499. The molecule has 2 atom stereocenters. The van der Waals surface area contributed by atoms with Crippen molar-refractivity contribution in [2.45, 2.75) is 37.9 Å². The van der Waals surface area contributed by atoms with E-state index >= 15 is 0 Å². The first-order chi connectivity index (χ1) is 9.12. The fraction of sp³-hybridized carbons (Fsp3) is 0.562. The fourth-order valence-corrected chi connectivity index (χ4v) is 4.81. The van der Waals surface area contributed by atoms with E-state index in [2.05, 4.69) is 0 Å². The van der Waals surface area contributed by atoms with Crippen LogP contribution in [0.4, 0.5) is 0 Å². The third-order valence-corrected chi connectivity index (χ3v) is 5.91. The molecule has 0 aromatic heterocycles. The Hall–Kier alpha value is -1.08. The Labute approximate surface area is 121 Å². The van der Waals surface area contributed by atoms with Gasteiger partial charge >= 0.3 is 0 Å². The highest BCUT2D eigenvalue weighted by Gasteiger charge is 2.49. The smallest absolute Gasteiger partial charge is 0.234 e. The van der Waals surface area contributed by atoms with Crippen LogP contribution in [0.1, 0.15) is 32.3 Å². The number of benzene rings is 1. The summed E-state index contributed by atoms with van der Waals surface area (Å²) in [6.07, 6.45) is 0. The summed E-state index contributed by atoms with van der Waals surface area (Å²) in [6, 6.07) is 9.99. The SMILES string of the molecule is CC(C)(C)N1C[C@H](c2ccccc2)[C@@H](P(C)(C)=O)C1=O. The molecule has 1 aliphatic heterocycles. The predicted molar refractivity (Wildman–Crippen MR) is 83.9 cm³/mol. The van der Waals surface area contributed by atoms with Crippen molar-refractivity contribution in [3.63, 3.8) is 0 Å². The summed E-state index contributed by atoms with van der Waals surface area (Å²) in [5.74, 6) is 0.0726. The number of rotatable bonds is 2. The van der Waals surface area contributed by atoms with Crippen LogP contribution in [-0.4, -0.2) is 41.9 Å². The van der Waals surface area contributed by atoms with Gasteiger partial charge in [-0.2, -0.15) is 0 Å². The van der Waals surface area contributed by atoms with Gasteiger partial charge in [-0.25, -0.2) is 0 Å². The normalized spacial score (nSPS) is 24.2. The van der Waals surface area contributed by atoms with E-state index in [1.165, 1.54) is 0 Å². The number of nitrogens with zero attached hydrogens (tertiary/aromatic N) is 1. The Morgan fingerprint density at radius 1 is 1.15 bits per heavy atom. The lowest BCUT2D eigenvalue weighted by molar-refractivity contribution is -0.131. The topological polar surface area (TPSA) is 37.4 Å². The van der Waals surface area contributed by atoms with Crippen LogP contribution in [0.5, 0.6) is 0 Å². The van der Waals surface area contributed by atoms with E-state index < -0.39 is 7.14 Å². The molecular formula is C16H24NO2P. The monoisotopic (exact) mass is 293 g/mol. The first-order valence-electron chi connectivity index (χ1n) is 7.03. The third kappa shape index (κ3) is 2.83. The number of carbonyl (C=O) groups excluding carboxylic acids is 1. The Kier molecular flexibility index (Phi) is 3.85. The molecule has 1 heterocycles. The summed E-state index contributed by atoms with van der Waals surface area (Å²) in [7, 11) is -2.49. The quantitative estimate of drug-likeness (QED) is 0.784. The van der Waals surface area contributed by atoms with Crippen molar-refractivity contribution in [3.05, 3.63) is 35.9 Å². The minimum atomic E-state index is -2.49. The number of likely N-dealkylation sites (tertiary alicyclic amines) is 1. The summed E-state index contributed by atoms with van der Waals surface area (Å²) in [6.45, 7) is 10.2. The average molecular weight is 293 g/mol. The highest BCUT2D eigenvalue weighted by molar-refractivity contribution is 7.64. The van der Waals surface area contributed by atoms with Crippen molar-refractivity contribution in [1.82, 2.24) is 4.90 Å². The molecule has 0 bridgehead atoms. The third-order valence-electron chi connectivity index (χ3n) is 3.99. The van der Waals surface area contributed by atoms with Crippen LogP contribution in [0.15, 0.2) is 30.3 Å². The van der Waals surface area contributed by atoms with Crippen molar-refractivity contribution >= 4 is 13.0 Å². The molecule has 110 valence electrons. The molecule has 0 unspecified atom stereocenters. The second kappa shape index (κ2) is 5.04. The molecule has 1 fully saturated rings. The van der Waals surface area contributed by atoms with Crippen LogP contribution in [0.2, 0.25) is 0 Å². The van der Waals surface area contributed by atoms with Crippen LogP contribution in [0, 0.1) is 0 Å². The average Bonchev–Trinajstić information content (AvgIpc) is 2.67. The molecule has 1 aromatic carbocycles. The van der Waals surface area contributed by atoms with Crippen molar-refractivity contribution in [3.8, 4) is 0 Å². The largest absolute Gasteiger partial charge is 0.337 e. The maximum atomic E-state index is 12.7. The highest BCUT2D eigenvalue weighted by atomic mass is 31.2.